The van der Waals surface area contributed by atoms with Crippen molar-refractivity contribution in [2.75, 3.05) is 19.8 Å². The average Bonchev–Trinajstić information content (AvgIpc) is 3.49. The van der Waals surface area contributed by atoms with Crippen LogP contribution in [0.4, 0.5) is 11.4 Å². The van der Waals surface area contributed by atoms with E-state index in [0.29, 0.717) is 32.7 Å². The SMILES string of the molecule is C.CC1=Nc2ccc3ccc(OCCCCCC(=O)O)cc3c2C1(C)C.CCOC(=O)CCCCCOc1ccc2ccc3c(c2c1)C(C)(C)C(C)=N3. The summed E-state index contributed by atoms with van der Waals surface area (Å²) in [6.07, 6.45) is 5.90. The lowest BCUT2D eigenvalue weighted by Gasteiger charge is -2.22. The van der Waals surface area contributed by atoms with Crippen molar-refractivity contribution in [3.05, 3.63) is 71.8 Å². The molecular formula is C45H58N2O6. The lowest BCUT2D eigenvalue weighted by Crippen LogP contribution is -2.22. The van der Waals surface area contributed by atoms with Gasteiger partial charge >= 0.3 is 11.9 Å². The second-order valence-electron chi connectivity index (χ2n) is 14.8. The minimum absolute atomic E-state index is 0. The highest BCUT2D eigenvalue weighted by molar-refractivity contribution is 6.07. The van der Waals surface area contributed by atoms with Crippen LogP contribution in [0.3, 0.4) is 0 Å². The molecule has 0 bridgehead atoms. The topological polar surface area (TPSA) is 107 Å². The van der Waals surface area contributed by atoms with E-state index in [1.807, 2.05) is 19.1 Å². The van der Waals surface area contributed by atoms with Crippen molar-refractivity contribution in [2.45, 2.75) is 118 Å². The summed E-state index contributed by atoms with van der Waals surface area (Å²) in [6.45, 7) is 16.6. The van der Waals surface area contributed by atoms with Crippen molar-refractivity contribution in [3.63, 3.8) is 0 Å². The molecule has 1 N–H and O–H groups in total. The Labute approximate surface area is 315 Å². The molecule has 0 amide bonds. The number of esters is 1. The lowest BCUT2D eigenvalue weighted by atomic mass is 9.80. The molecule has 8 nitrogen and oxygen atoms in total. The summed E-state index contributed by atoms with van der Waals surface area (Å²) >= 11 is 0. The molecule has 0 saturated carbocycles. The first-order chi connectivity index (χ1) is 24.8. The van der Waals surface area contributed by atoms with E-state index in [1.54, 1.807) is 0 Å². The Kier molecular flexibility index (Phi) is 13.8. The smallest absolute Gasteiger partial charge is 0.305 e. The van der Waals surface area contributed by atoms with Gasteiger partial charge in [-0.25, -0.2) is 0 Å². The van der Waals surface area contributed by atoms with Gasteiger partial charge in [-0.15, -0.1) is 0 Å². The first-order valence-electron chi connectivity index (χ1n) is 18.7. The van der Waals surface area contributed by atoms with Gasteiger partial charge in [-0.2, -0.15) is 0 Å². The zero-order valence-corrected chi connectivity index (χ0v) is 31.9. The van der Waals surface area contributed by atoms with Crippen LogP contribution in [0.15, 0.2) is 70.6 Å². The fraction of sp³-hybridized carbons (Fsp3) is 0.467. The maximum absolute atomic E-state index is 11.3. The number of carbonyl (C=O) groups excluding carboxylic acids is 1. The normalized spacial score (nSPS) is 14.6. The number of carboxylic acids is 1. The molecule has 284 valence electrons. The van der Waals surface area contributed by atoms with E-state index in [0.717, 1.165) is 66.4 Å². The molecule has 8 heteroatoms. The second-order valence-corrected chi connectivity index (χ2v) is 14.8. The minimum Gasteiger partial charge on any atom is -0.494 e. The first-order valence-corrected chi connectivity index (χ1v) is 18.7. The van der Waals surface area contributed by atoms with E-state index in [-0.39, 0.29) is 30.6 Å². The molecule has 0 fully saturated rings. The van der Waals surface area contributed by atoms with Crippen molar-refractivity contribution in [2.24, 2.45) is 9.98 Å². The summed E-state index contributed by atoms with van der Waals surface area (Å²) in [6, 6.07) is 21.0. The molecule has 2 aliphatic heterocycles. The highest BCUT2D eigenvalue weighted by Crippen LogP contribution is 2.46. The molecule has 0 aliphatic carbocycles. The van der Waals surface area contributed by atoms with Crippen molar-refractivity contribution in [1.29, 1.82) is 0 Å². The van der Waals surface area contributed by atoms with Crippen LogP contribution in [0.1, 0.15) is 118 Å². The van der Waals surface area contributed by atoms with E-state index in [4.69, 9.17) is 29.3 Å². The average molecular weight is 723 g/mol. The van der Waals surface area contributed by atoms with Crippen LogP contribution in [-0.4, -0.2) is 48.3 Å². The Morgan fingerprint density at radius 2 is 1.08 bits per heavy atom. The number of fused-ring (bicyclic) bond motifs is 6. The van der Waals surface area contributed by atoms with Gasteiger partial charge in [0.25, 0.3) is 0 Å². The van der Waals surface area contributed by atoms with E-state index in [9.17, 15) is 9.59 Å². The second kappa shape index (κ2) is 17.9. The number of benzene rings is 4. The molecule has 0 spiro atoms. The van der Waals surface area contributed by atoms with Crippen molar-refractivity contribution < 1.29 is 28.9 Å². The zero-order chi connectivity index (χ0) is 37.5. The standard InChI is InChI=1S/C23H29NO3.C21H25NO3.CH4/c1-5-26-21(25)9-7-6-8-14-27-18-12-10-17-11-13-20-22(19(17)15-18)23(3,4)16(2)24-20;1-14-21(2,3)20-17-13-16(25-12-6-4-5-7-19(23)24)10-8-15(17)9-11-18(20)22-14;/h10-13,15H,5-9,14H2,1-4H3;8-11,13H,4-7,12H2,1-3H3,(H,23,24);1H4. The van der Waals surface area contributed by atoms with Crippen LogP contribution in [0, 0.1) is 0 Å². The Morgan fingerprint density at radius 3 is 1.51 bits per heavy atom. The lowest BCUT2D eigenvalue weighted by molar-refractivity contribution is -0.143. The van der Waals surface area contributed by atoms with Crippen molar-refractivity contribution in [3.8, 4) is 11.5 Å². The summed E-state index contributed by atoms with van der Waals surface area (Å²) in [5.74, 6) is 0.910. The molecule has 2 aliphatic rings. The minimum atomic E-state index is -0.732. The van der Waals surface area contributed by atoms with Gasteiger partial charge in [0.1, 0.15) is 11.5 Å². The van der Waals surface area contributed by atoms with Crippen LogP contribution in [0.2, 0.25) is 0 Å². The molecule has 6 rings (SSSR count). The van der Waals surface area contributed by atoms with Gasteiger partial charge in [-0.1, -0.05) is 59.4 Å². The fourth-order valence-electron chi connectivity index (χ4n) is 6.97. The number of nitrogens with zero attached hydrogens (tertiary/aromatic N) is 2. The summed E-state index contributed by atoms with van der Waals surface area (Å²) < 4.78 is 16.8. The van der Waals surface area contributed by atoms with E-state index >= 15 is 0 Å². The van der Waals surface area contributed by atoms with Gasteiger partial charge < -0.3 is 19.3 Å². The van der Waals surface area contributed by atoms with Crippen molar-refractivity contribution >= 4 is 56.3 Å². The predicted molar refractivity (Wildman–Crippen MR) is 218 cm³/mol. The van der Waals surface area contributed by atoms with Gasteiger partial charge in [-0.05, 0) is 128 Å². The number of unbranched alkanes of at least 4 members (excludes halogenated alkanes) is 4. The zero-order valence-electron chi connectivity index (χ0n) is 31.9. The molecule has 2 heterocycles. The third-order valence-electron chi connectivity index (χ3n) is 10.5. The highest BCUT2D eigenvalue weighted by atomic mass is 16.5. The molecule has 0 radical (unpaired) electrons. The summed E-state index contributed by atoms with van der Waals surface area (Å²) in [5, 5.41) is 13.5. The molecule has 4 aromatic carbocycles. The Morgan fingerprint density at radius 1 is 0.642 bits per heavy atom. The molecule has 0 aromatic heterocycles. The quantitative estimate of drug-likeness (QED) is 0.0967. The molecule has 0 atom stereocenters. The van der Waals surface area contributed by atoms with E-state index in [1.165, 1.54) is 32.7 Å². The van der Waals surface area contributed by atoms with Gasteiger partial charge in [-0.3, -0.25) is 19.6 Å². The van der Waals surface area contributed by atoms with Gasteiger partial charge in [0.05, 0.1) is 31.2 Å². The maximum Gasteiger partial charge on any atom is 0.305 e. The third kappa shape index (κ3) is 9.64. The highest BCUT2D eigenvalue weighted by Gasteiger charge is 2.35. The third-order valence-corrected chi connectivity index (χ3v) is 10.5. The number of hydrogen-bond donors (Lipinski definition) is 1. The fourth-order valence-corrected chi connectivity index (χ4v) is 6.97. The van der Waals surface area contributed by atoms with Crippen LogP contribution < -0.4 is 9.47 Å². The Balaban J connectivity index is 0.000000233. The monoisotopic (exact) mass is 722 g/mol. The summed E-state index contributed by atoms with van der Waals surface area (Å²) in [5.41, 5.74) is 6.86. The van der Waals surface area contributed by atoms with Gasteiger partial charge in [0.15, 0.2) is 0 Å². The van der Waals surface area contributed by atoms with Crippen LogP contribution in [0.5, 0.6) is 11.5 Å². The Bertz CT molecular complexity index is 1990. The Hall–Kier alpha value is -4.72. The van der Waals surface area contributed by atoms with Gasteiger partial charge in [0.2, 0.25) is 0 Å². The first kappa shape index (κ1) is 41.0. The molecule has 4 aromatic rings. The van der Waals surface area contributed by atoms with Crippen LogP contribution in [0.25, 0.3) is 21.5 Å². The van der Waals surface area contributed by atoms with E-state index < -0.39 is 5.97 Å². The summed E-state index contributed by atoms with van der Waals surface area (Å²) in [4.78, 5) is 31.3. The number of carbonyl (C=O) groups is 2. The van der Waals surface area contributed by atoms with Gasteiger partial charge in [0, 0.05) is 35.1 Å². The number of aliphatic imine (C=N–C) groups is 2. The summed E-state index contributed by atoms with van der Waals surface area (Å²) in [7, 11) is 0. The predicted octanol–water partition coefficient (Wildman–Crippen LogP) is 11.6. The number of ether oxygens (including phenoxy) is 3. The number of carboxylic acid groups (broad SMARTS) is 1. The molecule has 53 heavy (non-hydrogen) atoms. The van der Waals surface area contributed by atoms with Crippen molar-refractivity contribution in [1.82, 2.24) is 0 Å². The van der Waals surface area contributed by atoms with Crippen LogP contribution >= 0.6 is 0 Å². The largest absolute Gasteiger partial charge is 0.494 e. The molecular weight excluding hydrogens is 665 g/mol. The number of hydrogen-bond acceptors (Lipinski definition) is 7. The number of rotatable bonds is 15. The van der Waals surface area contributed by atoms with Crippen LogP contribution in [-0.2, 0) is 25.2 Å². The van der Waals surface area contributed by atoms with E-state index in [2.05, 4.69) is 90.1 Å². The molecule has 0 saturated heterocycles. The maximum atomic E-state index is 11.3. The molecule has 0 unspecified atom stereocenters. The number of aliphatic carboxylic acids is 1.